The molecule has 1 heterocycles. The summed E-state index contributed by atoms with van der Waals surface area (Å²) in [6, 6.07) is 13.1. The lowest BCUT2D eigenvalue weighted by atomic mass is 8.76. The van der Waals surface area contributed by atoms with Gasteiger partial charge in [0.15, 0.2) is 0 Å². The van der Waals surface area contributed by atoms with Crippen LogP contribution in [-0.2, 0) is 0 Å². The van der Waals surface area contributed by atoms with Gasteiger partial charge in [0.1, 0.15) is 0 Å². The van der Waals surface area contributed by atoms with Gasteiger partial charge >= 0.3 is 0 Å². The summed E-state index contributed by atoms with van der Waals surface area (Å²) in [4.78, 5) is 4.50. The molecule has 0 saturated carbocycles. The number of rotatable bonds is 6. The number of anilines is 1. The highest BCUT2D eigenvalue weighted by Gasteiger charge is 2.15. The minimum absolute atomic E-state index is 0.342. The number of fused-ring (bicyclic) bond motifs is 1. The third-order valence-corrected chi connectivity index (χ3v) is 4.55. The quantitative estimate of drug-likeness (QED) is 0.800. The second kappa shape index (κ2) is 10.6. The highest BCUT2D eigenvalue weighted by atomic mass is 14.8. The molecule has 0 fully saturated rings. The van der Waals surface area contributed by atoms with E-state index in [0.29, 0.717) is 5.92 Å². The molecule has 1 aliphatic heterocycles. The van der Waals surface area contributed by atoms with Gasteiger partial charge in [0, 0.05) is 87.3 Å². The second-order valence-corrected chi connectivity index (χ2v) is 6.56. The molecule has 9 heteroatoms. The van der Waals surface area contributed by atoms with E-state index in [1.807, 2.05) is 6.21 Å². The Morgan fingerprint density at radius 1 is 1.22 bits per heavy atom. The first kappa shape index (κ1) is 21.7. The number of nitrogens with one attached hydrogen (secondary N) is 1. The van der Waals surface area contributed by atoms with Crippen molar-refractivity contribution in [2.75, 3.05) is 11.9 Å². The van der Waals surface area contributed by atoms with Gasteiger partial charge in [-0.25, -0.2) is 0 Å². The first-order chi connectivity index (χ1) is 13.0. The molecule has 0 spiro atoms. The van der Waals surface area contributed by atoms with E-state index >= 15 is 0 Å². The molecule has 0 aromatic heterocycles. The molecule has 0 saturated heterocycles. The third kappa shape index (κ3) is 5.92. The van der Waals surface area contributed by atoms with Crippen LogP contribution in [0.5, 0.6) is 0 Å². The zero-order chi connectivity index (χ0) is 19.8. The van der Waals surface area contributed by atoms with Crippen LogP contribution >= 0.6 is 0 Å². The van der Waals surface area contributed by atoms with E-state index in [1.54, 1.807) is 0 Å². The van der Waals surface area contributed by atoms with Crippen molar-refractivity contribution < 1.29 is 0 Å². The van der Waals surface area contributed by atoms with Crippen LogP contribution in [0, 0.1) is 0 Å². The summed E-state index contributed by atoms with van der Waals surface area (Å²) >= 11 is 0. The van der Waals surface area contributed by atoms with Crippen LogP contribution < -0.4 is 5.32 Å². The van der Waals surface area contributed by atoms with Crippen molar-refractivity contribution in [3.05, 3.63) is 53.7 Å². The van der Waals surface area contributed by atoms with Gasteiger partial charge in [-0.05, 0) is 35.4 Å². The molecule has 2 aromatic carbocycles. The molecule has 9 radical (unpaired) electrons. The summed E-state index contributed by atoms with van der Waals surface area (Å²) in [5.74, 6) is 0.342. The normalized spacial score (nSPS) is 13.3. The monoisotopic (exact) mass is 341 g/mol. The van der Waals surface area contributed by atoms with Gasteiger partial charge in [-0.2, -0.15) is 0 Å². The van der Waals surface area contributed by atoms with Gasteiger partial charge in [-0.3, -0.25) is 4.99 Å². The minimum Gasteiger partial charge on any atom is -0.385 e. The van der Waals surface area contributed by atoms with Crippen molar-refractivity contribution in [1.82, 2.24) is 0 Å². The Morgan fingerprint density at radius 3 is 2.56 bits per heavy atom. The molecule has 0 amide bonds. The molecular formula is C18H20B7N2. The van der Waals surface area contributed by atoms with Gasteiger partial charge in [0.05, 0.1) is 0 Å². The molecule has 27 heavy (non-hydrogen) atoms. The van der Waals surface area contributed by atoms with Gasteiger partial charge < -0.3 is 5.32 Å². The highest BCUT2D eigenvalue weighted by Crippen LogP contribution is 2.33. The zero-order valence-electron chi connectivity index (χ0n) is 16.1. The smallest absolute Gasteiger partial charge is 0.0435 e. The van der Waals surface area contributed by atoms with E-state index < -0.39 is 6.39 Å². The average molecular weight is 340 g/mol. The fraction of sp³-hybridized carbons (Fsp3) is 0.278. The fourth-order valence-electron chi connectivity index (χ4n) is 2.95. The van der Waals surface area contributed by atoms with Crippen LogP contribution in [0.4, 0.5) is 5.69 Å². The largest absolute Gasteiger partial charge is 0.385 e. The molecule has 2 aromatic rings. The number of aliphatic imine (C=N–C) groups is 1. The Morgan fingerprint density at radius 2 is 2.00 bits per heavy atom. The van der Waals surface area contributed by atoms with Gasteiger partial charge in [-0.1, -0.05) is 37.3 Å². The Balaban J connectivity index is 0.000000321. The molecule has 1 unspecified atom stereocenters. The van der Waals surface area contributed by atoms with E-state index in [1.165, 1.54) is 34.8 Å². The predicted octanol–water partition coefficient (Wildman–Crippen LogP) is 2.07. The molecule has 123 valence electrons. The van der Waals surface area contributed by atoms with E-state index in [4.69, 9.17) is 30.9 Å². The first-order valence-corrected chi connectivity index (χ1v) is 9.28. The van der Waals surface area contributed by atoms with Crippen molar-refractivity contribution in [3.63, 3.8) is 0 Å². The summed E-state index contributed by atoms with van der Waals surface area (Å²) in [6.45, 7) is 5.30. The second-order valence-electron chi connectivity index (χ2n) is 6.56. The molecule has 1 N–H and O–H groups in total. The van der Waals surface area contributed by atoms with Crippen molar-refractivity contribution in [2.45, 2.75) is 26.2 Å². The van der Waals surface area contributed by atoms with E-state index in [9.17, 15) is 0 Å². The molecule has 1 atom stereocenters. The molecule has 3 rings (SSSR count). The number of hydrogen-bond acceptors (Lipinski definition) is 2. The van der Waals surface area contributed by atoms with Crippen LogP contribution in [0.25, 0.3) is 10.8 Å². The van der Waals surface area contributed by atoms with Crippen molar-refractivity contribution in [1.29, 1.82) is 0 Å². The Hall–Kier alpha value is -1.64. The Labute approximate surface area is 170 Å². The van der Waals surface area contributed by atoms with Gasteiger partial charge in [0.25, 0.3) is 0 Å². The maximum atomic E-state index is 5.19. The average Bonchev–Trinajstić information content (AvgIpc) is 3.21. The Bertz CT molecular complexity index is 807. The topological polar surface area (TPSA) is 24.4 Å². The fourth-order valence-corrected chi connectivity index (χ4v) is 2.95. The minimum atomic E-state index is -0.537. The summed E-state index contributed by atoms with van der Waals surface area (Å²) in [7, 11) is 21.6. The summed E-state index contributed by atoms with van der Waals surface area (Å²) in [5, 5.41) is 6.00. The molecular weight excluding hydrogens is 320 g/mol. The lowest BCUT2D eigenvalue weighted by Gasteiger charge is -2.15. The number of allylic oxidation sites excluding steroid dienone is 2. The van der Waals surface area contributed by atoms with Gasteiger partial charge in [0.2, 0.25) is 0 Å². The van der Waals surface area contributed by atoms with E-state index in [-0.39, 0.29) is 6.39 Å². The Kier molecular flexibility index (Phi) is 8.53. The van der Waals surface area contributed by atoms with Crippen molar-refractivity contribution in [3.8, 4) is 0 Å². The maximum absolute atomic E-state index is 5.19. The number of nitrogens with zero attached hydrogens (tertiary/aromatic N) is 1. The van der Waals surface area contributed by atoms with Crippen LogP contribution in [0.1, 0.15) is 31.7 Å². The van der Waals surface area contributed by atoms with E-state index in [2.05, 4.69) is 66.6 Å². The van der Waals surface area contributed by atoms with Crippen LogP contribution in [0.3, 0.4) is 0 Å². The third-order valence-electron chi connectivity index (χ3n) is 4.55. The standard InChI is InChI=1S/C18H20N2.B7/c1-3-19-15-10-9-14-6-4-7-16(17(14)12-15)13(2)18-8-5-11-20-18;1-5-7(4)6(2)3/h4,6-13,19H,3,5H2,1-2H3;. The van der Waals surface area contributed by atoms with Crippen LogP contribution in [0.15, 0.2) is 53.2 Å². The summed E-state index contributed by atoms with van der Waals surface area (Å²) < 4.78 is 0. The molecule has 2 nitrogen and oxygen atoms in total. The molecule has 0 bridgehead atoms. The number of hydrogen-bond donors (Lipinski definition) is 1. The van der Waals surface area contributed by atoms with Crippen molar-refractivity contribution >= 4 is 73.5 Å². The zero-order valence-corrected chi connectivity index (χ0v) is 16.1. The van der Waals surface area contributed by atoms with Crippen molar-refractivity contribution in [2.24, 2.45) is 4.99 Å². The maximum Gasteiger partial charge on any atom is 0.0435 e. The first-order valence-electron chi connectivity index (χ1n) is 9.28. The molecule has 0 aliphatic carbocycles. The highest BCUT2D eigenvalue weighted by molar-refractivity contribution is 7.81. The van der Waals surface area contributed by atoms with Crippen LogP contribution in [0.2, 0.25) is 0 Å². The summed E-state index contributed by atoms with van der Waals surface area (Å²) in [5.41, 5.74) is 3.72. The molecule has 1 aliphatic rings. The van der Waals surface area contributed by atoms with E-state index in [0.717, 1.165) is 13.0 Å². The van der Waals surface area contributed by atoms with Gasteiger partial charge in [-0.15, -0.1) is 0 Å². The lowest BCUT2D eigenvalue weighted by Crippen LogP contribution is -2.43. The summed E-state index contributed by atoms with van der Waals surface area (Å²) in [6.07, 6.45) is 4.25. The van der Waals surface area contributed by atoms with Crippen LogP contribution in [-0.4, -0.2) is 63.5 Å². The number of benzene rings is 2. The predicted molar refractivity (Wildman–Crippen MR) is 128 cm³/mol. The lowest BCUT2D eigenvalue weighted by molar-refractivity contribution is 0.892. The SMILES string of the molecule is CCNc1ccc2cccc(C(C)C3=CCC=N3)c2c1.[B][B]B([B])B([B])[B].